The van der Waals surface area contributed by atoms with Crippen LogP contribution in [0.3, 0.4) is 0 Å². The third-order valence-electron chi connectivity index (χ3n) is 3.88. The summed E-state index contributed by atoms with van der Waals surface area (Å²) in [4.78, 5) is 2.38. The van der Waals surface area contributed by atoms with Crippen molar-refractivity contribution in [3.05, 3.63) is 18.2 Å². The maximum Gasteiger partial charge on any atom is 0.144 e. The van der Waals surface area contributed by atoms with Gasteiger partial charge in [-0.05, 0) is 43.7 Å². The Morgan fingerprint density at radius 2 is 2.30 bits per heavy atom. The van der Waals surface area contributed by atoms with Gasteiger partial charge in [0.05, 0.1) is 12.3 Å². The summed E-state index contributed by atoms with van der Waals surface area (Å²) in [7, 11) is 0. The van der Waals surface area contributed by atoms with Gasteiger partial charge in [0.1, 0.15) is 5.75 Å². The number of anilines is 2. The number of aliphatic hydroxyl groups is 1. The molecule has 20 heavy (non-hydrogen) atoms. The van der Waals surface area contributed by atoms with E-state index < -0.39 is 0 Å². The van der Waals surface area contributed by atoms with Crippen LogP contribution in [0, 0.1) is 5.92 Å². The van der Waals surface area contributed by atoms with E-state index in [2.05, 4.69) is 17.9 Å². The molecule has 1 atom stereocenters. The first-order valence-corrected chi connectivity index (χ1v) is 7.62. The highest BCUT2D eigenvalue weighted by molar-refractivity contribution is 5.62. The lowest BCUT2D eigenvalue weighted by Gasteiger charge is -2.34. The molecule has 0 aliphatic carbocycles. The minimum Gasteiger partial charge on any atom is -0.491 e. The predicted molar refractivity (Wildman–Crippen MR) is 83.3 cm³/mol. The van der Waals surface area contributed by atoms with Gasteiger partial charge in [-0.1, -0.05) is 6.92 Å². The highest BCUT2D eigenvalue weighted by atomic mass is 16.5. The molecule has 0 radical (unpaired) electrons. The highest BCUT2D eigenvalue weighted by Gasteiger charge is 2.20. The quantitative estimate of drug-likeness (QED) is 0.785. The Bertz CT molecular complexity index is 421. The Morgan fingerprint density at radius 1 is 1.45 bits per heavy atom. The molecule has 1 heterocycles. The zero-order chi connectivity index (χ0) is 14.4. The van der Waals surface area contributed by atoms with Gasteiger partial charge in [-0.15, -0.1) is 0 Å². The van der Waals surface area contributed by atoms with Gasteiger partial charge in [-0.25, -0.2) is 0 Å². The first kappa shape index (κ1) is 15.0. The van der Waals surface area contributed by atoms with Gasteiger partial charge in [0.15, 0.2) is 0 Å². The van der Waals surface area contributed by atoms with Gasteiger partial charge in [0.2, 0.25) is 0 Å². The van der Waals surface area contributed by atoms with Crippen LogP contribution in [0.2, 0.25) is 0 Å². The van der Waals surface area contributed by atoms with E-state index in [-0.39, 0.29) is 6.61 Å². The third-order valence-corrected chi connectivity index (χ3v) is 3.88. The number of nitrogen functional groups attached to an aromatic ring is 1. The fourth-order valence-electron chi connectivity index (χ4n) is 2.77. The van der Waals surface area contributed by atoms with Crippen molar-refractivity contribution < 1.29 is 9.84 Å². The Labute approximate surface area is 121 Å². The van der Waals surface area contributed by atoms with E-state index in [0.717, 1.165) is 31.7 Å². The molecule has 1 fully saturated rings. The van der Waals surface area contributed by atoms with E-state index >= 15 is 0 Å². The molecule has 1 saturated heterocycles. The van der Waals surface area contributed by atoms with Crippen LogP contribution in [0.1, 0.15) is 32.6 Å². The van der Waals surface area contributed by atoms with Crippen molar-refractivity contribution in [2.24, 2.45) is 5.92 Å². The molecule has 1 aliphatic rings. The average molecular weight is 278 g/mol. The van der Waals surface area contributed by atoms with Crippen LogP contribution in [0.15, 0.2) is 18.2 Å². The molecule has 0 spiro atoms. The molecule has 0 saturated carbocycles. The lowest BCUT2D eigenvalue weighted by atomic mass is 9.95. The van der Waals surface area contributed by atoms with Crippen LogP contribution < -0.4 is 15.4 Å². The van der Waals surface area contributed by atoms with E-state index in [0.29, 0.717) is 18.2 Å². The van der Waals surface area contributed by atoms with Crippen molar-refractivity contribution in [2.75, 3.05) is 36.9 Å². The second-order valence-electron chi connectivity index (χ2n) is 5.54. The number of hydrogen-bond acceptors (Lipinski definition) is 4. The molecule has 2 rings (SSSR count). The minimum absolute atomic E-state index is 0.283. The van der Waals surface area contributed by atoms with Crippen molar-refractivity contribution in [1.29, 1.82) is 0 Å². The van der Waals surface area contributed by atoms with E-state index in [9.17, 15) is 0 Å². The molecule has 1 aliphatic heterocycles. The number of aliphatic hydroxyl groups excluding tert-OH is 1. The van der Waals surface area contributed by atoms with Gasteiger partial charge < -0.3 is 20.5 Å². The van der Waals surface area contributed by atoms with E-state index in [1.54, 1.807) is 0 Å². The molecule has 0 aromatic heterocycles. The topological polar surface area (TPSA) is 58.7 Å². The lowest BCUT2D eigenvalue weighted by Crippen LogP contribution is -2.35. The molecule has 1 aromatic carbocycles. The Kier molecular flexibility index (Phi) is 5.53. The average Bonchev–Trinajstić information content (AvgIpc) is 2.47. The SMILES string of the molecule is CCCOc1cc(N2CCCC(CCO)C2)ccc1N. The van der Waals surface area contributed by atoms with Crippen LogP contribution in [0.5, 0.6) is 5.75 Å². The number of hydrogen-bond donors (Lipinski definition) is 2. The lowest BCUT2D eigenvalue weighted by molar-refractivity contribution is 0.244. The van der Waals surface area contributed by atoms with Crippen molar-refractivity contribution in [1.82, 2.24) is 0 Å². The number of rotatable bonds is 6. The summed E-state index contributed by atoms with van der Waals surface area (Å²) < 4.78 is 5.70. The first-order chi connectivity index (χ1) is 9.74. The molecule has 112 valence electrons. The molecule has 1 aromatic rings. The number of nitrogens with zero attached hydrogens (tertiary/aromatic N) is 1. The summed E-state index contributed by atoms with van der Waals surface area (Å²) in [5, 5.41) is 9.10. The second-order valence-corrected chi connectivity index (χ2v) is 5.54. The van der Waals surface area contributed by atoms with Crippen molar-refractivity contribution >= 4 is 11.4 Å². The summed E-state index contributed by atoms with van der Waals surface area (Å²) in [6.07, 6.45) is 4.27. The fraction of sp³-hybridized carbons (Fsp3) is 0.625. The molecular weight excluding hydrogens is 252 g/mol. The largest absolute Gasteiger partial charge is 0.491 e. The molecule has 4 nitrogen and oxygen atoms in total. The predicted octanol–water partition coefficient (Wildman–Crippen LogP) is 2.66. The number of nitrogens with two attached hydrogens (primary N) is 1. The smallest absolute Gasteiger partial charge is 0.144 e. The van der Waals surface area contributed by atoms with E-state index in [1.807, 2.05) is 12.1 Å². The summed E-state index contributed by atoms with van der Waals surface area (Å²) in [6.45, 7) is 5.15. The van der Waals surface area contributed by atoms with Crippen LogP contribution in [0.4, 0.5) is 11.4 Å². The molecule has 0 bridgehead atoms. The normalized spacial score (nSPS) is 19.1. The Hall–Kier alpha value is -1.42. The second kappa shape index (κ2) is 7.39. The maximum atomic E-state index is 9.10. The van der Waals surface area contributed by atoms with Gasteiger partial charge >= 0.3 is 0 Å². The minimum atomic E-state index is 0.283. The van der Waals surface area contributed by atoms with Crippen molar-refractivity contribution in [3.8, 4) is 5.75 Å². The standard InChI is InChI=1S/C16H26N2O2/c1-2-10-20-16-11-14(5-6-15(16)17)18-8-3-4-13(12-18)7-9-19/h5-6,11,13,19H,2-4,7-10,12,17H2,1H3. The molecular formula is C16H26N2O2. The van der Waals surface area contributed by atoms with Crippen LogP contribution in [-0.2, 0) is 0 Å². The molecule has 1 unspecified atom stereocenters. The monoisotopic (exact) mass is 278 g/mol. The molecule has 0 amide bonds. The third kappa shape index (κ3) is 3.79. The van der Waals surface area contributed by atoms with Gasteiger partial charge in [-0.3, -0.25) is 0 Å². The van der Waals surface area contributed by atoms with Crippen molar-refractivity contribution in [3.63, 3.8) is 0 Å². The van der Waals surface area contributed by atoms with Crippen molar-refractivity contribution in [2.45, 2.75) is 32.6 Å². The zero-order valence-electron chi connectivity index (χ0n) is 12.3. The van der Waals surface area contributed by atoms with Crippen LogP contribution in [0.25, 0.3) is 0 Å². The van der Waals surface area contributed by atoms with Crippen LogP contribution in [-0.4, -0.2) is 31.4 Å². The summed E-state index contributed by atoms with van der Waals surface area (Å²) >= 11 is 0. The van der Waals surface area contributed by atoms with E-state index in [1.165, 1.54) is 18.5 Å². The summed E-state index contributed by atoms with van der Waals surface area (Å²) in [5.74, 6) is 1.37. The van der Waals surface area contributed by atoms with Gasteiger partial charge in [0.25, 0.3) is 0 Å². The fourth-order valence-corrected chi connectivity index (χ4v) is 2.77. The van der Waals surface area contributed by atoms with Gasteiger partial charge in [0, 0.05) is 31.5 Å². The Balaban J connectivity index is 2.07. The Morgan fingerprint density at radius 3 is 3.05 bits per heavy atom. The molecule has 4 heteroatoms. The number of benzene rings is 1. The molecule has 3 N–H and O–H groups in total. The van der Waals surface area contributed by atoms with E-state index in [4.69, 9.17) is 15.6 Å². The first-order valence-electron chi connectivity index (χ1n) is 7.62. The summed E-state index contributed by atoms with van der Waals surface area (Å²) in [6, 6.07) is 6.04. The maximum absolute atomic E-state index is 9.10. The number of ether oxygens (including phenoxy) is 1. The summed E-state index contributed by atoms with van der Waals surface area (Å²) in [5.41, 5.74) is 7.83. The number of piperidine rings is 1. The zero-order valence-corrected chi connectivity index (χ0v) is 12.3. The van der Waals surface area contributed by atoms with Crippen LogP contribution >= 0.6 is 0 Å². The van der Waals surface area contributed by atoms with Gasteiger partial charge in [-0.2, -0.15) is 0 Å². The highest BCUT2D eigenvalue weighted by Crippen LogP contribution is 2.31.